The maximum Gasteiger partial charge on any atom is 0.205 e. The Kier molecular flexibility index (Phi) is 2.69. The summed E-state index contributed by atoms with van der Waals surface area (Å²) in [6, 6.07) is 16.2. The second-order valence-electron chi connectivity index (χ2n) is 5.23. The molecule has 0 fully saturated rings. The third-order valence-electron chi connectivity index (χ3n) is 3.73. The van der Waals surface area contributed by atoms with E-state index in [0.29, 0.717) is 0 Å². The number of fused-ring (bicyclic) bond motifs is 2. The zero-order chi connectivity index (χ0) is 14.4. The fraction of sp³-hybridized carbons (Fsp3) is 0.0556. The van der Waals surface area contributed by atoms with Crippen molar-refractivity contribution in [3.8, 4) is 0 Å². The zero-order valence-electron chi connectivity index (χ0n) is 11.5. The number of aromatic amines is 1. The van der Waals surface area contributed by atoms with Crippen molar-refractivity contribution < 1.29 is 4.79 Å². The third kappa shape index (κ3) is 1.98. The number of rotatable bonds is 2. The molecule has 2 aromatic heterocycles. The summed E-state index contributed by atoms with van der Waals surface area (Å²) in [6.07, 6.45) is 1.82. The van der Waals surface area contributed by atoms with Crippen molar-refractivity contribution in [3.63, 3.8) is 0 Å². The molecule has 0 saturated carbocycles. The van der Waals surface area contributed by atoms with Crippen molar-refractivity contribution in [2.24, 2.45) is 0 Å². The highest BCUT2D eigenvalue weighted by Gasteiger charge is 2.16. The summed E-state index contributed by atoms with van der Waals surface area (Å²) in [4.78, 5) is 16.8. The SMILES string of the molecule is Cc1ccc2c(C(=O)c3cc4ccccc4s3)c[nH]c2c1. The summed E-state index contributed by atoms with van der Waals surface area (Å²) in [5.41, 5.74) is 2.95. The summed E-state index contributed by atoms with van der Waals surface area (Å²) >= 11 is 1.55. The number of hydrogen-bond acceptors (Lipinski definition) is 2. The van der Waals surface area contributed by atoms with Gasteiger partial charge in [-0.2, -0.15) is 0 Å². The minimum absolute atomic E-state index is 0.0892. The molecule has 4 aromatic rings. The standard InChI is InChI=1S/C18H13NOS/c1-11-6-7-13-14(10-19-15(13)8-11)18(20)17-9-12-4-2-3-5-16(12)21-17/h2-10,19H,1H3. The van der Waals surface area contributed by atoms with Gasteiger partial charge in [-0.25, -0.2) is 0 Å². The first-order chi connectivity index (χ1) is 10.2. The molecule has 21 heavy (non-hydrogen) atoms. The number of benzene rings is 2. The van der Waals surface area contributed by atoms with E-state index in [2.05, 4.69) is 17.1 Å². The number of thiophene rings is 1. The highest BCUT2D eigenvalue weighted by molar-refractivity contribution is 7.21. The molecule has 0 amide bonds. The molecule has 0 radical (unpaired) electrons. The largest absolute Gasteiger partial charge is 0.360 e. The quantitative estimate of drug-likeness (QED) is 0.522. The van der Waals surface area contributed by atoms with Crippen LogP contribution in [0.3, 0.4) is 0 Å². The van der Waals surface area contributed by atoms with Gasteiger partial charge in [0.1, 0.15) is 0 Å². The van der Waals surface area contributed by atoms with Crippen LogP contribution in [0, 0.1) is 6.92 Å². The Morgan fingerprint density at radius 3 is 2.81 bits per heavy atom. The number of H-pyrrole nitrogens is 1. The maximum atomic E-state index is 12.8. The lowest BCUT2D eigenvalue weighted by molar-refractivity contribution is 0.104. The highest BCUT2D eigenvalue weighted by atomic mass is 32.1. The van der Waals surface area contributed by atoms with E-state index in [1.54, 1.807) is 11.3 Å². The zero-order valence-corrected chi connectivity index (χ0v) is 12.3. The van der Waals surface area contributed by atoms with Gasteiger partial charge in [-0.05, 0) is 36.1 Å². The summed E-state index contributed by atoms with van der Waals surface area (Å²) in [6.45, 7) is 2.05. The number of carbonyl (C=O) groups is 1. The van der Waals surface area contributed by atoms with Gasteiger partial charge in [0, 0.05) is 27.4 Å². The molecule has 0 aliphatic rings. The monoisotopic (exact) mass is 291 g/mol. The van der Waals surface area contributed by atoms with Crippen LogP contribution in [0.1, 0.15) is 20.8 Å². The van der Waals surface area contributed by atoms with Gasteiger partial charge in [0.2, 0.25) is 5.78 Å². The molecule has 0 atom stereocenters. The third-order valence-corrected chi connectivity index (χ3v) is 4.85. The van der Waals surface area contributed by atoms with Crippen molar-refractivity contribution in [1.29, 1.82) is 0 Å². The minimum Gasteiger partial charge on any atom is -0.360 e. The average molecular weight is 291 g/mol. The Hall–Kier alpha value is -2.39. The number of aromatic nitrogens is 1. The van der Waals surface area contributed by atoms with E-state index in [0.717, 1.165) is 31.4 Å². The molecular weight excluding hydrogens is 278 g/mol. The van der Waals surface area contributed by atoms with Crippen LogP contribution < -0.4 is 0 Å². The Labute approximate surface area is 126 Å². The van der Waals surface area contributed by atoms with Crippen molar-refractivity contribution in [1.82, 2.24) is 4.98 Å². The fourth-order valence-electron chi connectivity index (χ4n) is 2.65. The Morgan fingerprint density at radius 1 is 1.10 bits per heavy atom. The van der Waals surface area contributed by atoms with Gasteiger partial charge in [0.15, 0.2) is 0 Å². The van der Waals surface area contributed by atoms with Gasteiger partial charge < -0.3 is 4.98 Å². The summed E-state index contributed by atoms with van der Waals surface area (Å²) < 4.78 is 1.15. The van der Waals surface area contributed by atoms with E-state index in [4.69, 9.17) is 0 Å². The molecule has 0 aliphatic carbocycles. The van der Waals surface area contributed by atoms with Crippen LogP contribution in [-0.2, 0) is 0 Å². The predicted molar refractivity (Wildman–Crippen MR) is 88.3 cm³/mol. The molecule has 3 heteroatoms. The summed E-state index contributed by atoms with van der Waals surface area (Å²) in [5.74, 6) is 0.0892. The molecule has 2 nitrogen and oxygen atoms in total. The number of aryl methyl sites for hydroxylation is 1. The van der Waals surface area contributed by atoms with Gasteiger partial charge in [-0.1, -0.05) is 30.3 Å². The fourth-order valence-corrected chi connectivity index (χ4v) is 3.67. The van der Waals surface area contributed by atoms with Gasteiger partial charge in [-0.15, -0.1) is 11.3 Å². The highest BCUT2D eigenvalue weighted by Crippen LogP contribution is 2.29. The number of hydrogen-bond donors (Lipinski definition) is 1. The molecule has 0 unspecified atom stereocenters. The van der Waals surface area contributed by atoms with Crippen LogP contribution in [0.15, 0.2) is 54.7 Å². The van der Waals surface area contributed by atoms with Crippen molar-refractivity contribution in [2.75, 3.05) is 0 Å². The average Bonchev–Trinajstić information content (AvgIpc) is 3.09. The molecule has 102 valence electrons. The number of nitrogens with one attached hydrogen (secondary N) is 1. The summed E-state index contributed by atoms with van der Waals surface area (Å²) in [5, 5.41) is 2.12. The second-order valence-corrected chi connectivity index (χ2v) is 6.31. The lowest BCUT2D eigenvalue weighted by atomic mass is 10.1. The van der Waals surface area contributed by atoms with Gasteiger partial charge in [-0.3, -0.25) is 4.79 Å². The predicted octanol–water partition coefficient (Wildman–Crippen LogP) is 4.92. The molecule has 0 bridgehead atoms. The molecule has 2 heterocycles. The molecule has 4 rings (SSSR count). The molecule has 0 aliphatic heterocycles. The van der Waals surface area contributed by atoms with Gasteiger partial charge >= 0.3 is 0 Å². The van der Waals surface area contributed by atoms with Crippen LogP contribution in [0.4, 0.5) is 0 Å². The lowest BCUT2D eigenvalue weighted by Crippen LogP contribution is -1.96. The molecule has 2 aromatic carbocycles. The first kappa shape index (κ1) is 12.4. The van der Waals surface area contributed by atoms with Crippen molar-refractivity contribution >= 4 is 38.1 Å². The van der Waals surface area contributed by atoms with Crippen molar-refractivity contribution in [2.45, 2.75) is 6.92 Å². The van der Waals surface area contributed by atoms with Gasteiger partial charge in [0.05, 0.1) is 4.88 Å². The first-order valence-electron chi connectivity index (χ1n) is 6.83. The Balaban J connectivity index is 1.85. The second kappa shape index (κ2) is 4.57. The molecule has 0 saturated heterocycles. The van der Waals surface area contributed by atoms with Crippen LogP contribution in [-0.4, -0.2) is 10.8 Å². The summed E-state index contributed by atoms with van der Waals surface area (Å²) in [7, 11) is 0. The van der Waals surface area contributed by atoms with Crippen molar-refractivity contribution in [3.05, 3.63) is 70.7 Å². The lowest BCUT2D eigenvalue weighted by Gasteiger charge is -1.97. The Bertz CT molecular complexity index is 944. The molecule has 0 spiro atoms. The van der Waals surface area contributed by atoms with Gasteiger partial charge in [0.25, 0.3) is 0 Å². The van der Waals surface area contributed by atoms with Crippen LogP contribution in [0.25, 0.3) is 21.0 Å². The topological polar surface area (TPSA) is 32.9 Å². The first-order valence-corrected chi connectivity index (χ1v) is 7.65. The van der Waals surface area contributed by atoms with Crippen LogP contribution in [0.2, 0.25) is 0 Å². The van der Waals surface area contributed by atoms with E-state index in [-0.39, 0.29) is 5.78 Å². The van der Waals surface area contributed by atoms with E-state index in [9.17, 15) is 4.79 Å². The molecule has 1 N–H and O–H groups in total. The molecular formula is C18H13NOS. The minimum atomic E-state index is 0.0892. The van der Waals surface area contributed by atoms with E-state index >= 15 is 0 Å². The number of ketones is 1. The van der Waals surface area contributed by atoms with E-state index < -0.39 is 0 Å². The van der Waals surface area contributed by atoms with Crippen LogP contribution >= 0.6 is 11.3 Å². The maximum absolute atomic E-state index is 12.8. The van der Waals surface area contributed by atoms with Crippen LogP contribution in [0.5, 0.6) is 0 Å². The van der Waals surface area contributed by atoms with E-state index in [1.807, 2.05) is 49.5 Å². The number of carbonyl (C=O) groups excluding carboxylic acids is 1. The smallest absolute Gasteiger partial charge is 0.205 e. The van der Waals surface area contributed by atoms with E-state index in [1.165, 1.54) is 5.56 Å². The Morgan fingerprint density at radius 2 is 1.95 bits per heavy atom. The normalized spacial score (nSPS) is 11.3.